The van der Waals surface area contributed by atoms with E-state index in [1.54, 1.807) is 25.5 Å². The lowest BCUT2D eigenvalue weighted by Crippen LogP contribution is -2.23. The lowest BCUT2D eigenvalue weighted by atomic mass is 10.0. The van der Waals surface area contributed by atoms with Crippen molar-refractivity contribution < 1.29 is 18.6 Å². The first-order chi connectivity index (χ1) is 14.4. The van der Waals surface area contributed by atoms with E-state index < -0.39 is 10.6 Å². The lowest BCUT2D eigenvalue weighted by Gasteiger charge is -2.39. The molecule has 10 nitrogen and oxygen atoms in total. The number of hydrogen-bond donors (Lipinski definition) is 3. The van der Waals surface area contributed by atoms with Crippen LogP contribution in [0.2, 0.25) is 0 Å². The second-order valence-corrected chi connectivity index (χ2v) is 9.87. The Kier molecular flexibility index (Phi) is 5.93. The van der Waals surface area contributed by atoms with E-state index in [1.807, 2.05) is 12.3 Å². The van der Waals surface area contributed by atoms with E-state index in [0.29, 0.717) is 35.7 Å². The fourth-order valence-electron chi connectivity index (χ4n) is 3.58. The Morgan fingerprint density at radius 2 is 2.13 bits per heavy atom. The van der Waals surface area contributed by atoms with Gasteiger partial charge in [-0.1, -0.05) is 0 Å². The molecule has 4 rings (SSSR count). The maximum Gasteiger partial charge on any atom is 0.327 e. The fraction of sp³-hybridized carbons (Fsp3) is 0.474. The van der Waals surface area contributed by atoms with Crippen LogP contribution in [0.3, 0.4) is 0 Å². The summed E-state index contributed by atoms with van der Waals surface area (Å²) in [6, 6.07) is 1.98. The molecule has 1 saturated heterocycles. The molecule has 3 N–H and O–H groups in total. The highest BCUT2D eigenvalue weighted by atomic mass is 32.3. The van der Waals surface area contributed by atoms with Crippen LogP contribution in [0, 0.1) is 5.92 Å². The molecule has 1 aliphatic heterocycles. The molecular formula is C19H26N6O4S. The van der Waals surface area contributed by atoms with Gasteiger partial charge in [0.15, 0.2) is 0 Å². The van der Waals surface area contributed by atoms with Gasteiger partial charge in [-0.25, -0.2) is 4.98 Å². The number of nitrogens with zero attached hydrogens (tertiary/aromatic N) is 5. The van der Waals surface area contributed by atoms with Gasteiger partial charge >= 0.3 is 5.97 Å². The van der Waals surface area contributed by atoms with Crippen LogP contribution in [0.4, 0.5) is 11.6 Å². The van der Waals surface area contributed by atoms with Crippen molar-refractivity contribution in [2.45, 2.75) is 32.9 Å². The third kappa shape index (κ3) is 4.91. The van der Waals surface area contributed by atoms with Crippen molar-refractivity contribution in [2.24, 2.45) is 5.92 Å². The predicted molar refractivity (Wildman–Crippen MR) is 115 cm³/mol. The van der Waals surface area contributed by atoms with Gasteiger partial charge in [0.25, 0.3) is 0 Å². The van der Waals surface area contributed by atoms with Gasteiger partial charge in [-0.05, 0) is 31.7 Å². The summed E-state index contributed by atoms with van der Waals surface area (Å²) in [6.07, 6.45) is 8.67. The SMILES string of the molecule is CCOC(=O)Cn1cc(Nc2ncc3ccn(CC4CCS(O)(O)CC4)c3n2)cn1. The minimum absolute atomic E-state index is 0.0460. The quantitative estimate of drug-likeness (QED) is 0.484. The molecule has 0 aliphatic carbocycles. The Bertz CT molecular complexity index is 1020. The molecule has 4 heterocycles. The first kappa shape index (κ1) is 20.6. The summed E-state index contributed by atoms with van der Waals surface area (Å²) in [7, 11) is -2.37. The summed E-state index contributed by atoms with van der Waals surface area (Å²) >= 11 is 0. The number of ether oxygens (including phenoxy) is 1. The smallest absolute Gasteiger partial charge is 0.327 e. The summed E-state index contributed by atoms with van der Waals surface area (Å²) in [5.74, 6) is 1.46. The summed E-state index contributed by atoms with van der Waals surface area (Å²) in [5.41, 5.74) is 1.50. The number of hydrogen-bond acceptors (Lipinski definition) is 8. The normalized spacial score (nSPS) is 17.7. The van der Waals surface area contributed by atoms with Gasteiger partial charge in [-0.2, -0.15) is 20.7 Å². The number of carbonyl (C=O) groups is 1. The average molecular weight is 435 g/mol. The highest BCUT2D eigenvalue weighted by Crippen LogP contribution is 2.46. The Morgan fingerprint density at radius 1 is 1.33 bits per heavy atom. The zero-order chi connectivity index (χ0) is 21.1. The number of fused-ring (bicyclic) bond motifs is 1. The number of esters is 1. The van der Waals surface area contributed by atoms with Gasteiger partial charge in [-0.3, -0.25) is 18.6 Å². The number of rotatable bonds is 7. The molecule has 0 aromatic carbocycles. The van der Waals surface area contributed by atoms with Crippen molar-refractivity contribution in [1.29, 1.82) is 0 Å². The van der Waals surface area contributed by atoms with Crippen LogP contribution in [0.5, 0.6) is 0 Å². The Labute approximate surface area is 175 Å². The number of carbonyl (C=O) groups excluding carboxylic acids is 1. The maximum absolute atomic E-state index is 11.6. The second kappa shape index (κ2) is 8.62. The second-order valence-electron chi connectivity index (χ2n) is 7.45. The van der Waals surface area contributed by atoms with Gasteiger partial charge in [0.2, 0.25) is 5.95 Å². The van der Waals surface area contributed by atoms with Crippen LogP contribution in [0.15, 0.2) is 30.9 Å². The van der Waals surface area contributed by atoms with E-state index in [-0.39, 0.29) is 12.5 Å². The molecule has 0 bridgehead atoms. The van der Waals surface area contributed by atoms with E-state index in [0.717, 1.165) is 30.4 Å². The topological polar surface area (TPSA) is 127 Å². The van der Waals surface area contributed by atoms with Gasteiger partial charge in [0, 0.05) is 42.0 Å². The first-order valence-electron chi connectivity index (χ1n) is 9.92. The standard InChI is InChI=1S/C19H26N6O4S/c1-2-29-17(26)13-25-12-16(10-21-25)22-19-20-9-15-3-6-24(18(15)23-19)11-14-4-7-30(27,28)8-5-14/h3,6,9-10,12,14,27-28H,2,4-5,7-8,11,13H2,1H3,(H,20,22,23). The van der Waals surface area contributed by atoms with E-state index in [4.69, 9.17) is 4.74 Å². The van der Waals surface area contributed by atoms with Crippen molar-refractivity contribution in [1.82, 2.24) is 24.3 Å². The molecule has 1 fully saturated rings. The number of anilines is 2. The van der Waals surface area contributed by atoms with Crippen molar-refractivity contribution in [3.05, 3.63) is 30.9 Å². The van der Waals surface area contributed by atoms with Crippen molar-refractivity contribution in [2.75, 3.05) is 23.4 Å². The average Bonchev–Trinajstić information content (AvgIpc) is 3.30. The minimum Gasteiger partial charge on any atom is -0.465 e. The lowest BCUT2D eigenvalue weighted by molar-refractivity contribution is -0.144. The largest absolute Gasteiger partial charge is 0.465 e. The van der Waals surface area contributed by atoms with E-state index in [1.165, 1.54) is 4.68 Å². The summed E-state index contributed by atoms with van der Waals surface area (Å²) < 4.78 is 28.1. The Morgan fingerprint density at radius 3 is 2.90 bits per heavy atom. The highest BCUT2D eigenvalue weighted by molar-refractivity contribution is 8.24. The van der Waals surface area contributed by atoms with Crippen LogP contribution in [0.1, 0.15) is 19.8 Å². The van der Waals surface area contributed by atoms with Gasteiger partial charge in [0.1, 0.15) is 12.2 Å². The zero-order valence-electron chi connectivity index (χ0n) is 16.8. The van der Waals surface area contributed by atoms with Crippen LogP contribution in [-0.2, 0) is 22.6 Å². The molecule has 0 unspecified atom stereocenters. The Hall–Kier alpha value is -2.63. The zero-order valence-corrected chi connectivity index (χ0v) is 17.6. The van der Waals surface area contributed by atoms with Crippen molar-refractivity contribution in [3.8, 4) is 0 Å². The highest BCUT2D eigenvalue weighted by Gasteiger charge is 2.24. The minimum atomic E-state index is -2.37. The van der Waals surface area contributed by atoms with E-state index in [9.17, 15) is 13.9 Å². The van der Waals surface area contributed by atoms with E-state index >= 15 is 0 Å². The maximum atomic E-state index is 11.6. The molecule has 1 aliphatic rings. The van der Waals surface area contributed by atoms with Gasteiger partial charge in [0.05, 0.1) is 18.5 Å². The molecule has 0 atom stereocenters. The number of aromatic nitrogens is 5. The third-order valence-corrected chi connectivity index (χ3v) is 6.93. The van der Waals surface area contributed by atoms with Crippen LogP contribution >= 0.6 is 10.6 Å². The summed E-state index contributed by atoms with van der Waals surface area (Å²) in [5, 5.41) is 8.21. The number of nitrogens with one attached hydrogen (secondary N) is 1. The van der Waals surface area contributed by atoms with Crippen LogP contribution in [0.25, 0.3) is 11.0 Å². The van der Waals surface area contributed by atoms with Gasteiger partial charge < -0.3 is 14.6 Å². The molecule has 3 aromatic heterocycles. The van der Waals surface area contributed by atoms with Gasteiger partial charge in [-0.15, -0.1) is 0 Å². The molecule has 3 aromatic rings. The molecular weight excluding hydrogens is 408 g/mol. The van der Waals surface area contributed by atoms with Crippen LogP contribution < -0.4 is 5.32 Å². The van der Waals surface area contributed by atoms with E-state index in [2.05, 4.69) is 25.0 Å². The predicted octanol–water partition coefficient (Wildman–Crippen LogP) is 3.10. The molecule has 0 radical (unpaired) electrons. The molecule has 0 spiro atoms. The molecule has 0 saturated carbocycles. The molecule has 11 heteroatoms. The molecule has 0 amide bonds. The summed E-state index contributed by atoms with van der Waals surface area (Å²) in [4.78, 5) is 20.6. The third-order valence-electron chi connectivity index (χ3n) is 5.15. The van der Waals surface area contributed by atoms with Crippen LogP contribution in [-0.4, -0.2) is 57.5 Å². The van der Waals surface area contributed by atoms with Crippen molar-refractivity contribution in [3.63, 3.8) is 0 Å². The molecule has 162 valence electrons. The first-order valence-corrected chi connectivity index (χ1v) is 11.8. The van der Waals surface area contributed by atoms with Crippen molar-refractivity contribution >= 4 is 39.2 Å². The Balaban J connectivity index is 1.44. The monoisotopic (exact) mass is 434 g/mol. The summed E-state index contributed by atoms with van der Waals surface area (Å²) in [6.45, 7) is 2.93. The fourth-order valence-corrected chi connectivity index (χ4v) is 5.20. The molecule has 30 heavy (non-hydrogen) atoms.